The Bertz CT molecular complexity index is 2070. The third kappa shape index (κ3) is 3.99. The summed E-state index contributed by atoms with van der Waals surface area (Å²) in [5.41, 5.74) is 8.24. The maximum atomic E-state index is 5.00. The van der Waals surface area contributed by atoms with Gasteiger partial charge in [-0.05, 0) is 65.2 Å². The predicted molar refractivity (Wildman–Crippen MR) is 174 cm³/mol. The van der Waals surface area contributed by atoms with Crippen LogP contribution < -0.4 is 0 Å². The van der Waals surface area contributed by atoms with Crippen molar-refractivity contribution in [2.75, 3.05) is 0 Å². The van der Waals surface area contributed by atoms with Crippen LogP contribution in [0.5, 0.6) is 0 Å². The number of benzene rings is 5. The molecule has 0 spiro atoms. The molecule has 5 aromatic carbocycles. The van der Waals surface area contributed by atoms with Crippen LogP contribution in [0.1, 0.15) is 22.4 Å². The molecule has 43 heavy (non-hydrogen) atoms. The van der Waals surface area contributed by atoms with Gasteiger partial charge in [0.1, 0.15) is 0 Å². The van der Waals surface area contributed by atoms with Gasteiger partial charge in [0.05, 0.1) is 27.8 Å². The van der Waals surface area contributed by atoms with Crippen molar-refractivity contribution in [1.29, 1.82) is 0 Å². The first-order chi connectivity index (χ1) is 21.3. The Morgan fingerprint density at radius 2 is 1.16 bits per heavy atom. The van der Waals surface area contributed by atoms with E-state index in [9.17, 15) is 0 Å². The quantitative estimate of drug-likeness (QED) is 0.193. The van der Waals surface area contributed by atoms with E-state index in [1.54, 1.807) is 0 Å². The summed E-state index contributed by atoms with van der Waals surface area (Å²) in [6.07, 6.45) is 5.69. The van der Waals surface area contributed by atoms with Gasteiger partial charge in [-0.1, -0.05) is 103 Å². The van der Waals surface area contributed by atoms with Crippen LogP contribution in [0, 0.1) is 0 Å². The van der Waals surface area contributed by atoms with Gasteiger partial charge < -0.3 is 4.57 Å². The first-order valence-electron chi connectivity index (χ1n) is 14.5. The number of pyridine rings is 1. The Morgan fingerprint density at radius 3 is 1.88 bits per heavy atom. The van der Waals surface area contributed by atoms with Crippen molar-refractivity contribution in [2.45, 2.75) is 5.41 Å². The van der Waals surface area contributed by atoms with Crippen LogP contribution >= 0.6 is 0 Å². The van der Waals surface area contributed by atoms with Gasteiger partial charge in [0.25, 0.3) is 0 Å². The largest absolute Gasteiger partial charge is 0.309 e. The van der Waals surface area contributed by atoms with Crippen molar-refractivity contribution < 1.29 is 0 Å². The van der Waals surface area contributed by atoms with Gasteiger partial charge in [-0.3, -0.25) is 4.98 Å². The Morgan fingerprint density at radius 1 is 0.465 bits per heavy atom. The fourth-order valence-electron chi connectivity index (χ4n) is 6.58. The number of nitrogens with zero attached hydrogens (tertiary/aromatic N) is 4. The first-order valence-corrected chi connectivity index (χ1v) is 14.5. The van der Waals surface area contributed by atoms with Crippen molar-refractivity contribution in [3.05, 3.63) is 193 Å². The van der Waals surface area contributed by atoms with Crippen LogP contribution in [0.25, 0.3) is 33.2 Å². The lowest BCUT2D eigenvalue weighted by Gasteiger charge is -2.36. The van der Waals surface area contributed by atoms with Gasteiger partial charge in [0, 0.05) is 35.1 Å². The van der Waals surface area contributed by atoms with Crippen LogP contribution in [0.2, 0.25) is 0 Å². The molecule has 0 aliphatic heterocycles. The van der Waals surface area contributed by atoms with E-state index in [0.29, 0.717) is 0 Å². The number of fused-ring (bicyclic) bond motifs is 3. The van der Waals surface area contributed by atoms with Crippen molar-refractivity contribution in [3.8, 4) is 11.4 Å². The molecule has 0 amide bonds. The molecule has 204 valence electrons. The van der Waals surface area contributed by atoms with Gasteiger partial charge in [0.2, 0.25) is 0 Å². The number of rotatable bonds is 6. The molecule has 4 heteroatoms. The highest BCUT2D eigenvalue weighted by molar-refractivity contribution is 6.09. The van der Waals surface area contributed by atoms with Gasteiger partial charge in [-0.25, -0.2) is 4.68 Å². The van der Waals surface area contributed by atoms with E-state index < -0.39 is 5.41 Å². The molecule has 0 fully saturated rings. The molecule has 8 aromatic rings. The summed E-state index contributed by atoms with van der Waals surface area (Å²) in [7, 11) is 0. The molecule has 0 radical (unpaired) electrons. The smallest absolute Gasteiger partial charge is 0.0874 e. The zero-order valence-electron chi connectivity index (χ0n) is 23.5. The highest BCUT2D eigenvalue weighted by Crippen LogP contribution is 2.45. The molecule has 0 aliphatic carbocycles. The molecule has 4 nitrogen and oxygen atoms in total. The fraction of sp³-hybridized carbons (Fsp3) is 0.0256. The van der Waals surface area contributed by atoms with Crippen LogP contribution in [-0.2, 0) is 5.41 Å². The minimum Gasteiger partial charge on any atom is -0.309 e. The summed E-state index contributed by atoms with van der Waals surface area (Å²) in [6, 6.07) is 53.8. The third-order valence-corrected chi connectivity index (χ3v) is 8.43. The topological polar surface area (TPSA) is 35.6 Å². The molecule has 8 rings (SSSR count). The lowest BCUT2D eigenvalue weighted by Crippen LogP contribution is -2.32. The predicted octanol–water partition coefficient (Wildman–Crippen LogP) is 8.75. The van der Waals surface area contributed by atoms with E-state index in [-0.39, 0.29) is 0 Å². The molecule has 0 aliphatic rings. The maximum Gasteiger partial charge on any atom is 0.0874 e. The average Bonchev–Trinajstić information content (AvgIpc) is 3.74. The van der Waals surface area contributed by atoms with E-state index in [0.717, 1.165) is 33.7 Å². The molecular weight excluding hydrogens is 524 g/mol. The number of para-hydroxylation sites is 1. The minimum absolute atomic E-state index is 0.626. The summed E-state index contributed by atoms with van der Waals surface area (Å²) in [6.45, 7) is 0. The fourth-order valence-corrected chi connectivity index (χ4v) is 6.58. The molecule has 3 aromatic heterocycles. The highest BCUT2D eigenvalue weighted by atomic mass is 15.3. The van der Waals surface area contributed by atoms with E-state index in [1.807, 2.05) is 35.4 Å². The van der Waals surface area contributed by atoms with Crippen LogP contribution in [0.4, 0.5) is 0 Å². The van der Waals surface area contributed by atoms with E-state index in [2.05, 4.69) is 149 Å². The van der Waals surface area contributed by atoms with Crippen molar-refractivity contribution in [3.63, 3.8) is 0 Å². The lowest BCUT2D eigenvalue weighted by molar-refractivity contribution is 0.713. The van der Waals surface area contributed by atoms with E-state index >= 15 is 0 Å². The molecule has 0 bridgehead atoms. The Balaban J connectivity index is 1.44. The van der Waals surface area contributed by atoms with Crippen LogP contribution in [-0.4, -0.2) is 19.3 Å². The van der Waals surface area contributed by atoms with Crippen molar-refractivity contribution >= 4 is 21.8 Å². The molecule has 0 saturated heterocycles. The minimum atomic E-state index is -0.626. The summed E-state index contributed by atoms with van der Waals surface area (Å²) in [5, 5.41) is 6.92. The lowest BCUT2D eigenvalue weighted by atomic mass is 9.67. The third-order valence-electron chi connectivity index (χ3n) is 8.43. The molecule has 0 atom stereocenters. The zero-order valence-corrected chi connectivity index (χ0v) is 23.5. The molecule has 0 N–H and O–H groups in total. The SMILES string of the molecule is c1ccc(C(c2ccccc2)(c2cccc(-n3c4ccccc4c4ccc(-n5cccn5)cc43)c2)c2ccccn2)cc1. The Hall–Kier alpha value is -5.74. The number of hydrogen-bond donors (Lipinski definition) is 0. The summed E-state index contributed by atoms with van der Waals surface area (Å²) in [5.74, 6) is 0. The second-order valence-electron chi connectivity index (χ2n) is 10.8. The molecule has 3 heterocycles. The summed E-state index contributed by atoms with van der Waals surface area (Å²) >= 11 is 0. The Kier molecular flexibility index (Phi) is 5.97. The van der Waals surface area contributed by atoms with Crippen LogP contribution in [0.3, 0.4) is 0 Å². The highest BCUT2D eigenvalue weighted by Gasteiger charge is 2.39. The second-order valence-corrected chi connectivity index (χ2v) is 10.8. The summed E-state index contributed by atoms with van der Waals surface area (Å²) < 4.78 is 4.29. The second kappa shape index (κ2) is 10.3. The standard InChI is InChI=1S/C39H28N4/c1-3-13-29(14-4-1)39(30-15-5-2-6-16-30,38-21-9-10-24-40-38)31-17-11-18-33(27-31)43-36-20-8-7-19-34(36)35-23-22-32(28-37(35)43)42-26-12-25-41-42/h1-28H. The monoisotopic (exact) mass is 552 g/mol. The van der Waals surface area contributed by atoms with E-state index in [1.165, 1.54) is 21.9 Å². The van der Waals surface area contributed by atoms with Gasteiger partial charge in [0.15, 0.2) is 0 Å². The van der Waals surface area contributed by atoms with E-state index in [4.69, 9.17) is 4.98 Å². The Labute approximate surface area is 250 Å². The average molecular weight is 553 g/mol. The molecule has 0 saturated carbocycles. The first kappa shape index (κ1) is 25.0. The number of hydrogen-bond acceptors (Lipinski definition) is 2. The zero-order chi connectivity index (χ0) is 28.6. The normalized spacial score (nSPS) is 11.7. The number of aromatic nitrogens is 4. The van der Waals surface area contributed by atoms with Crippen LogP contribution in [0.15, 0.2) is 170 Å². The van der Waals surface area contributed by atoms with Crippen molar-refractivity contribution in [2.24, 2.45) is 0 Å². The van der Waals surface area contributed by atoms with Crippen molar-refractivity contribution in [1.82, 2.24) is 19.3 Å². The maximum absolute atomic E-state index is 5.00. The van der Waals surface area contributed by atoms with Gasteiger partial charge >= 0.3 is 0 Å². The molecular formula is C39H28N4. The van der Waals surface area contributed by atoms with Gasteiger partial charge in [-0.15, -0.1) is 0 Å². The van der Waals surface area contributed by atoms with Gasteiger partial charge in [-0.2, -0.15) is 5.10 Å². The molecule has 0 unspecified atom stereocenters. The summed E-state index contributed by atoms with van der Waals surface area (Å²) in [4.78, 5) is 5.00.